The molecule has 2 heteroatoms. The Morgan fingerprint density at radius 1 is 1.24 bits per heavy atom. The fraction of sp³-hybridized carbons (Fsp3) is 1.00. The minimum atomic E-state index is 0.397. The van der Waals surface area contributed by atoms with Gasteiger partial charge in [0.15, 0.2) is 0 Å². The van der Waals surface area contributed by atoms with Gasteiger partial charge in [0.2, 0.25) is 0 Å². The van der Waals surface area contributed by atoms with Crippen LogP contribution in [0.4, 0.5) is 0 Å². The molecule has 0 amide bonds. The summed E-state index contributed by atoms with van der Waals surface area (Å²) < 4.78 is 6.40. The van der Waals surface area contributed by atoms with Gasteiger partial charge in [-0.05, 0) is 50.6 Å². The average molecular weight is 239 g/mol. The highest BCUT2D eigenvalue weighted by Gasteiger charge is 2.48. The second-order valence-corrected chi connectivity index (χ2v) is 6.43. The smallest absolute Gasteiger partial charge is 0.0762 e. The van der Waals surface area contributed by atoms with Crippen molar-refractivity contribution >= 4 is 0 Å². The highest BCUT2D eigenvalue weighted by Crippen LogP contribution is 2.50. The molecule has 100 valence electrons. The Kier molecular flexibility index (Phi) is 4.14. The highest BCUT2D eigenvalue weighted by atomic mass is 16.5. The summed E-state index contributed by atoms with van der Waals surface area (Å²) in [6.45, 7) is 12.6. The van der Waals surface area contributed by atoms with Crippen LogP contribution in [0.1, 0.15) is 53.4 Å². The van der Waals surface area contributed by atoms with Crippen molar-refractivity contribution in [3.8, 4) is 0 Å². The van der Waals surface area contributed by atoms with Crippen LogP contribution >= 0.6 is 0 Å². The lowest BCUT2D eigenvalue weighted by Crippen LogP contribution is -2.56. The maximum absolute atomic E-state index is 6.40. The van der Waals surface area contributed by atoms with Crippen molar-refractivity contribution in [2.75, 3.05) is 19.6 Å². The van der Waals surface area contributed by atoms with Crippen molar-refractivity contribution in [1.82, 2.24) is 4.90 Å². The van der Waals surface area contributed by atoms with Crippen molar-refractivity contribution in [2.45, 2.75) is 65.6 Å². The molecule has 1 unspecified atom stereocenters. The molecule has 1 spiro atoms. The highest BCUT2D eigenvalue weighted by molar-refractivity contribution is 4.99. The maximum Gasteiger partial charge on any atom is 0.0762 e. The van der Waals surface area contributed by atoms with E-state index in [0.717, 1.165) is 6.54 Å². The molecule has 0 bridgehead atoms. The van der Waals surface area contributed by atoms with Crippen molar-refractivity contribution < 1.29 is 4.74 Å². The lowest BCUT2D eigenvalue weighted by Gasteiger charge is -2.53. The van der Waals surface area contributed by atoms with E-state index in [0.29, 0.717) is 23.5 Å². The Hall–Kier alpha value is -0.0800. The summed E-state index contributed by atoms with van der Waals surface area (Å²) >= 11 is 0. The zero-order valence-electron chi connectivity index (χ0n) is 12.0. The molecule has 2 aliphatic rings. The second kappa shape index (κ2) is 5.27. The first-order valence-corrected chi connectivity index (χ1v) is 7.45. The summed E-state index contributed by atoms with van der Waals surface area (Å²) in [6, 6.07) is 0. The zero-order valence-corrected chi connectivity index (χ0v) is 12.0. The molecule has 2 atom stereocenters. The minimum absolute atomic E-state index is 0.397. The third kappa shape index (κ3) is 2.68. The van der Waals surface area contributed by atoms with Gasteiger partial charge >= 0.3 is 0 Å². The van der Waals surface area contributed by atoms with Crippen LogP contribution in [-0.2, 0) is 4.74 Å². The first-order chi connectivity index (χ1) is 8.07. The molecule has 1 aliphatic heterocycles. The van der Waals surface area contributed by atoms with E-state index in [-0.39, 0.29) is 0 Å². The topological polar surface area (TPSA) is 12.5 Å². The molecule has 0 N–H and O–H groups in total. The van der Waals surface area contributed by atoms with Gasteiger partial charge in [-0.15, -0.1) is 0 Å². The molecule has 17 heavy (non-hydrogen) atoms. The standard InChI is InChI=1S/C15H29NO/c1-5-16-10-9-15(7-6-8-15)14(11-16)17-13(4)12(2)3/h12-14H,5-11H2,1-4H3/t13-,14?/m1/s1. The number of nitrogens with zero attached hydrogens (tertiary/aromatic N) is 1. The van der Waals surface area contributed by atoms with Gasteiger partial charge in [-0.2, -0.15) is 0 Å². The number of likely N-dealkylation sites (tertiary alicyclic amines) is 1. The molecular formula is C15H29NO. The molecule has 1 heterocycles. The van der Waals surface area contributed by atoms with Crippen LogP contribution in [0.2, 0.25) is 0 Å². The SMILES string of the molecule is CCN1CCC2(CCC2)C(O[C@H](C)C(C)C)C1. The van der Waals surface area contributed by atoms with Crippen LogP contribution in [-0.4, -0.2) is 36.7 Å². The third-order valence-electron chi connectivity index (χ3n) is 5.15. The van der Waals surface area contributed by atoms with Crippen LogP contribution in [0.3, 0.4) is 0 Å². The van der Waals surface area contributed by atoms with Crippen molar-refractivity contribution in [3.63, 3.8) is 0 Å². The van der Waals surface area contributed by atoms with Crippen LogP contribution in [0.25, 0.3) is 0 Å². The van der Waals surface area contributed by atoms with Crippen LogP contribution in [0, 0.1) is 11.3 Å². The first kappa shape index (κ1) is 13.4. The monoisotopic (exact) mass is 239 g/mol. The Morgan fingerprint density at radius 2 is 1.94 bits per heavy atom. The molecule has 0 aromatic heterocycles. The average Bonchev–Trinajstić information content (AvgIpc) is 2.26. The van der Waals surface area contributed by atoms with E-state index in [9.17, 15) is 0 Å². The summed E-state index contributed by atoms with van der Waals surface area (Å²) in [5, 5.41) is 0. The van der Waals surface area contributed by atoms with Gasteiger partial charge in [-0.3, -0.25) is 0 Å². The predicted molar refractivity (Wildman–Crippen MR) is 72.2 cm³/mol. The Morgan fingerprint density at radius 3 is 2.41 bits per heavy atom. The second-order valence-electron chi connectivity index (χ2n) is 6.43. The van der Waals surface area contributed by atoms with Gasteiger partial charge < -0.3 is 9.64 Å². The van der Waals surface area contributed by atoms with E-state index in [1.165, 1.54) is 38.8 Å². The van der Waals surface area contributed by atoms with Crippen molar-refractivity contribution in [1.29, 1.82) is 0 Å². The summed E-state index contributed by atoms with van der Waals surface area (Å²) in [7, 11) is 0. The summed E-state index contributed by atoms with van der Waals surface area (Å²) in [5.41, 5.74) is 0.550. The summed E-state index contributed by atoms with van der Waals surface area (Å²) in [4.78, 5) is 2.56. The van der Waals surface area contributed by atoms with E-state index in [1.807, 2.05) is 0 Å². The van der Waals surface area contributed by atoms with Gasteiger partial charge in [0.25, 0.3) is 0 Å². The third-order valence-corrected chi connectivity index (χ3v) is 5.15. The summed E-state index contributed by atoms with van der Waals surface area (Å²) in [6.07, 6.45) is 6.47. The maximum atomic E-state index is 6.40. The van der Waals surface area contributed by atoms with Gasteiger partial charge in [-0.25, -0.2) is 0 Å². The molecule has 0 aromatic rings. The van der Waals surface area contributed by atoms with Crippen LogP contribution < -0.4 is 0 Å². The Balaban J connectivity index is 1.98. The lowest BCUT2D eigenvalue weighted by molar-refractivity contribution is -0.154. The molecule has 2 fully saturated rings. The van der Waals surface area contributed by atoms with E-state index < -0.39 is 0 Å². The Labute approximate surface area is 107 Å². The normalized spacial score (nSPS) is 30.5. The molecule has 2 nitrogen and oxygen atoms in total. The first-order valence-electron chi connectivity index (χ1n) is 7.45. The fourth-order valence-corrected chi connectivity index (χ4v) is 3.15. The lowest BCUT2D eigenvalue weighted by atomic mass is 9.61. The quantitative estimate of drug-likeness (QED) is 0.746. The largest absolute Gasteiger partial charge is 0.373 e. The number of hydrogen-bond donors (Lipinski definition) is 0. The van der Waals surface area contributed by atoms with Crippen molar-refractivity contribution in [2.24, 2.45) is 11.3 Å². The molecular weight excluding hydrogens is 210 g/mol. The number of piperidine rings is 1. The van der Waals surface area contributed by atoms with E-state index in [1.54, 1.807) is 0 Å². The summed E-state index contributed by atoms with van der Waals surface area (Å²) in [5.74, 6) is 0.629. The number of ether oxygens (including phenoxy) is 1. The fourth-order valence-electron chi connectivity index (χ4n) is 3.15. The minimum Gasteiger partial charge on any atom is -0.373 e. The van der Waals surface area contributed by atoms with Crippen LogP contribution in [0.15, 0.2) is 0 Å². The molecule has 0 aromatic carbocycles. The van der Waals surface area contributed by atoms with Crippen LogP contribution in [0.5, 0.6) is 0 Å². The number of likely N-dealkylation sites (N-methyl/N-ethyl adjacent to an activating group) is 1. The molecule has 1 aliphatic carbocycles. The molecule has 2 rings (SSSR count). The van der Waals surface area contributed by atoms with E-state index in [2.05, 4.69) is 32.6 Å². The van der Waals surface area contributed by atoms with Gasteiger partial charge in [-0.1, -0.05) is 27.2 Å². The van der Waals surface area contributed by atoms with Gasteiger partial charge in [0.1, 0.15) is 0 Å². The molecule has 1 saturated heterocycles. The number of hydrogen-bond acceptors (Lipinski definition) is 2. The van der Waals surface area contributed by atoms with Gasteiger partial charge in [0, 0.05) is 6.54 Å². The van der Waals surface area contributed by atoms with Crippen molar-refractivity contribution in [3.05, 3.63) is 0 Å². The predicted octanol–water partition coefficient (Wildman–Crippen LogP) is 3.31. The number of rotatable bonds is 4. The van der Waals surface area contributed by atoms with Gasteiger partial charge in [0.05, 0.1) is 12.2 Å². The Bertz CT molecular complexity index is 247. The molecule has 0 radical (unpaired) electrons. The van der Waals surface area contributed by atoms with E-state index >= 15 is 0 Å². The molecule has 1 saturated carbocycles. The zero-order chi connectivity index (χ0) is 12.5. The van der Waals surface area contributed by atoms with E-state index in [4.69, 9.17) is 4.74 Å².